The summed E-state index contributed by atoms with van der Waals surface area (Å²) in [7, 11) is 0. The molecule has 0 aromatic carbocycles. The lowest BCUT2D eigenvalue weighted by Crippen LogP contribution is -2.50. The minimum Gasteiger partial charge on any atom is -0.449 e. The summed E-state index contributed by atoms with van der Waals surface area (Å²) in [6, 6.07) is 5.27. The van der Waals surface area contributed by atoms with Crippen LogP contribution in [0.15, 0.2) is 24.4 Å². The zero-order chi connectivity index (χ0) is 15.1. The van der Waals surface area contributed by atoms with E-state index in [2.05, 4.69) is 11.9 Å². The van der Waals surface area contributed by atoms with Crippen molar-refractivity contribution in [2.45, 2.75) is 19.8 Å². The van der Waals surface area contributed by atoms with Crippen LogP contribution in [0.2, 0.25) is 0 Å². The Morgan fingerprint density at radius 3 is 2.52 bits per heavy atom. The molecule has 1 saturated heterocycles. The summed E-state index contributed by atoms with van der Waals surface area (Å²) in [5.41, 5.74) is 0.441. The van der Waals surface area contributed by atoms with Crippen LogP contribution in [0.1, 0.15) is 30.3 Å². The third-order valence-corrected chi connectivity index (χ3v) is 3.43. The van der Waals surface area contributed by atoms with Gasteiger partial charge in [-0.1, -0.05) is 19.4 Å². The number of carbonyl (C=O) groups is 2. The van der Waals surface area contributed by atoms with Crippen molar-refractivity contribution in [1.29, 1.82) is 0 Å². The molecular formula is C15H21N3O3. The van der Waals surface area contributed by atoms with E-state index in [4.69, 9.17) is 4.74 Å². The second kappa shape index (κ2) is 7.61. The van der Waals surface area contributed by atoms with E-state index in [0.717, 1.165) is 12.8 Å². The Labute approximate surface area is 124 Å². The number of carbonyl (C=O) groups excluding carboxylic acids is 2. The molecule has 1 aliphatic heterocycles. The first-order chi connectivity index (χ1) is 10.2. The van der Waals surface area contributed by atoms with Gasteiger partial charge in [0.15, 0.2) is 0 Å². The molecule has 1 aromatic rings. The molecule has 2 amide bonds. The number of unbranched alkanes of at least 4 members (excludes halogenated alkanes) is 1. The fourth-order valence-electron chi connectivity index (χ4n) is 2.14. The van der Waals surface area contributed by atoms with Crippen LogP contribution < -0.4 is 0 Å². The highest BCUT2D eigenvalue weighted by Gasteiger charge is 2.25. The summed E-state index contributed by atoms with van der Waals surface area (Å²) in [4.78, 5) is 31.5. The molecule has 0 N–H and O–H groups in total. The van der Waals surface area contributed by atoms with Gasteiger partial charge < -0.3 is 14.5 Å². The Bertz CT molecular complexity index is 470. The second-order valence-corrected chi connectivity index (χ2v) is 4.96. The van der Waals surface area contributed by atoms with Crippen LogP contribution in [0.4, 0.5) is 4.79 Å². The SMILES string of the molecule is CCCCOC(=O)N1CCN(C(=O)c2ccccn2)CC1. The number of piperazine rings is 1. The molecule has 114 valence electrons. The lowest BCUT2D eigenvalue weighted by molar-refractivity contribution is 0.0553. The molecule has 6 heteroatoms. The number of hydrogen-bond donors (Lipinski definition) is 0. The topological polar surface area (TPSA) is 62.7 Å². The smallest absolute Gasteiger partial charge is 0.409 e. The summed E-state index contributed by atoms with van der Waals surface area (Å²) in [5.74, 6) is -0.0883. The molecule has 0 unspecified atom stereocenters. The van der Waals surface area contributed by atoms with Crippen molar-refractivity contribution in [3.8, 4) is 0 Å². The van der Waals surface area contributed by atoms with Crippen molar-refractivity contribution in [2.24, 2.45) is 0 Å². The van der Waals surface area contributed by atoms with E-state index in [1.807, 2.05) is 0 Å². The Balaban J connectivity index is 1.80. The van der Waals surface area contributed by atoms with Crippen LogP contribution in [0.3, 0.4) is 0 Å². The maximum Gasteiger partial charge on any atom is 0.409 e. The first-order valence-electron chi connectivity index (χ1n) is 7.34. The number of ether oxygens (including phenoxy) is 1. The maximum atomic E-state index is 12.2. The molecule has 21 heavy (non-hydrogen) atoms. The van der Waals surface area contributed by atoms with Gasteiger partial charge in [0, 0.05) is 32.4 Å². The van der Waals surface area contributed by atoms with Crippen LogP contribution in [-0.4, -0.2) is 59.6 Å². The first kappa shape index (κ1) is 15.3. The van der Waals surface area contributed by atoms with Crippen molar-refractivity contribution in [3.63, 3.8) is 0 Å². The number of aromatic nitrogens is 1. The van der Waals surface area contributed by atoms with Crippen LogP contribution in [0.25, 0.3) is 0 Å². The van der Waals surface area contributed by atoms with Gasteiger partial charge in [-0.15, -0.1) is 0 Å². The monoisotopic (exact) mass is 291 g/mol. The highest BCUT2D eigenvalue weighted by molar-refractivity contribution is 5.92. The number of hydrogen-bond acceptors (Lipinski definition) is 4. The Morgan fingerprint density at radius 2 is 1.90 bits per heavy atom. The van der Waals surface area contributed by atoms with Gasteiger partial charge in [0.1, 0.15) is 5.69 Å². The van der Waals surface area contributed by atoms with E-state index in [1.165, 1.54) is 0 Å². The van der Waals surface area contributed by atoms with Gasteiger partial charge in [-0.05, 0) is 18.6 Å². The van der Waals surface area contributed by atoms with Crippen molar-refractivity contribution in [3.05, 3.63) is 30.1 Å². The number of pyridine rings is 1. The molecule has 0 saturated carbocycles. The summed E-state index contributed by atoms with van der Waals surface area (Å²) in [6.07, 6.45) is 3.20. The molecule has 1 fully saturated rings. The van der Waals surface area contributed by atoms with E-state index >= 15 is 0 Å². The fourth-order valence-corrected chi connectivity index (χ4v) is 2.14. The van der Waals surface area contributed by atoms with Crippen molar-refractivity contribution in [2.75, 3.05) is 32.8 Å². The number of amides is 2. The van der Waals surface area contributed by atoms with Crippen LogP contribution in [0, 0.1) is 0 Å². The van der Waals surface area contributed by atoms with Crippen molar-refractivity contribution < 1.29 is 14.3 Å². The van der Waals surface area contributed by atoms with Gasteiger partial charge in [-0.25, -0.2) is 4.79 Å². The van der Waals surface area contributed by atoms with E-state index in [9.17, 15) is 9.59 Å². The van der Waals surface area contributed by atoms with E-state index in [0.29, 0.717) is 38.5 Å². The quantitative estimate of drug-likeness (QED) is 0.793. The van der Waals surface area contributed by atoms with E-state index < -0.39 is 0 Å². The predicted molar refractivity (Wildman–Crippen MR) is 78.0 cm³/mol. The summed E-state index contributed by atoms with van der Waals surface area (Å²) >= 11 is 0. The average molecular weight is 291 g/mol. The zero-order valence-electron chi connectivity index (χ0n) is 12.3. The number of rotatable bonds is 4. The van der Waals surface area contributed by atoms with Gasteiger partial charge in [0.2, 0.25) is 0 Å². The molecule has 0 radical (unpaired) electrons. The van der Waals surface area contributed by atoms with Crippen molar-refractivity contribution >= 4 is 12.0 Å². The summed E-state index contributed by atoms with van der Waals surface area (Å²) in [5, 5.41) is 0. The first-order valence-corrected chi connectivity index (χ1v) is 7.34. The summed E-state index contributed by atoms with van der Waals surface area (Å²) < 4.78 is 5.17. The van der Waals surface area contributed by atoms with Gasteiger partial charge in [0.05, 0.1) is 6.61 Å². The highest BCUT2D eigenvalue weighted by atomic mass is 16.6. The molecule has 1 aliphatic rings. The van der Waals surface area contributed by atoms with Crippen molar-refractivity contribution in [1.82, 2.24) is 14.8 Å². The van der Waals surface area contributed by atoms with Crippen LogP contribution >= 0.6 is 0 Å². The molecule has 2 rings (SSSR count). The molecule has 2 heterocycles. The molecule has 6 nitrogen and oxygen atoms in total. The average Bonchev–Trinajstić information content (AvgIpc) is 2.55. The molecular weight excluding hydrogens is 270 g/mol. The fraction of sp³-hybridized carbons (Fsp3) is 0.533. The molecule has 0 spiro atoms. The second-order valence-electron chi connectivity index (χ2n) is 4.96. The van der Waals surface area contributed by atoms with Gasteiger partial charge in [-0.3, -0.25) is 9.78 Å². The maximum absolute atomic E-state index is 12.2. The Hall–Kier alpha value is -2.11. The van der Waals surface area contributed by atoms with E-state index in [-0.39, 0.29) is 12.0 Å². The van der Waals surface area contributed by atoms with E-state index in [1.54, 1.807) is 34.2 Å². The minimum atomic E-state index is -0.284. The Morgan fingerprint density at radius 1 is 1.19 bits per heavy atom. The third-order valence-electron chi connectivity index (χ3n) is 3.43. The van der Waals surface area contributed by atoms with Crippen LogP contribution in [-0.2, 0) is 4.74 Å². The standard InChI is InChI=1S/C15H21N3O3/c1-2-3-12-21-15(20)18-10-8-17(9-11-18)14(19)13-6-4-5-7-16-13/h4-7H,2-3,8-12H2,1H3. The normalized spacial score (nSPS) is 14.9. The predicted octanol–water partition coefficient (Wildman–Crippen LogP) is 1.78. The lowest BCUT2D eigenvalue weighted by Gasteiger charge is -2.33. The van der Waals surface area contributed by atoms with Gasteiger partial charge >= 0.3 is 6.09 Å². The molecule has 0 aliphatic carbocycles. The lowest BCUT2D eigenvalue weighted by atomic mass is 10.2. The zero-order valence-corrected chi connectivity index (χ0v) is 12.3. The highest BCUT2D eigenvalue weighted by Crippen LogP contribution is 2.08. The van der Waals surface area contributed by atoms with Crippen LogP contribution in [0.5, 0.6) is 0 Å². The largest absolute Gasteiger partial charge is 0.449 e. The molecule has 0 bridgehead atoms. The number of nitrogens with zero attached hydrogens (tertiary/aromatic N) is 3. The molecule has 1 aromatic heterocycles. The third kappa shape index (κ3) is 4.18. The van der Waals surface area contributed by atoms with Gasteiger partial charge in [-0.2, -0.15) is 0 Å². The Kier molecular flexibility index (Phi) is 5.54. The minimum absolute atomic E-state index is 0.0883. The molecule has 0 atom stereocenters. The van der Waals surface area contributed by atoms with Gasteiger partial charge in [0.25, 0.3) is 5.91 Å². The summed E-state index contributed by atoms with van der Waals surface area (Å²) in [6.45, 7) is 4.54.